The van der Waals surface area contributed by atoms with Gasteiger partial charge in [0.15, 0.2) is 11.6 Å². The number of hydrogen-bond donors (Lipinski definition) is 0. The topological polar surface area (TPSA) is 77.3 Å². The molecule has 0 unspecified atom stereocenters. The van der Waals surface area contributed by atoms with Gasteiger partial charge in [-0.25, -0.2) is 0 Å². The van der Waals surface area contributed by atoms with Crippen LogP contribution in [0.1, 0.15) is 38.2 Å². The number of allylic oxidation sites excluding steroid dienone is 1. The van der Waals surface area contributed by atoms with Gasteiger partial charge in [-0.2, -0.15) is 0 Å². The molecule has 1 rings (SSSR count). The van der Waals surface area contributed by atoms with Crippen molar-refractivity contribution in [3.05, 3.63) is 45.5 Å². The van der Waals surface area contributed by atoms with Crippen molar-refractivity contribution in [3.8, 4) is 0 Å². The predicted octanol–water partition coefficient (Wildman–Crippen LogP) is 4.09. The number of hydrogen-bond acceptors (Lipinski definition) is 4. The summed E-state index contributed by atoms with van der Waals surface area (Å²) in [4.78, 5) is 34.1. The lowest BCUT2D eigenvalue weighted by Crippen LogP contribution is -2.10. The first kappa shape index (κ1) is 18.2. The first-order chi connectivity index (χ1) is 10.5. The monoisotopic (exact) mass is 367 g/mol. The van der Waals surface area contributed by atoms with E-state index in [1.807, 2.05) is 0 Å². The second-order valence-corrected chi connectivity index (χ2v) is 5.68. The number of carbonyl (C=O) groups excluding carboxylic acids is 2. The standard InChI is InChI=1S/C16H18BrNO4/c1-12(19)15(16(20)8-3-2-4-9-17)11-13-6-5-7-14(10-13)18(21)22/h5-7,10-11H,2-4,8-9H2,1H3. The van der Waals surface area contributed by atoms with Crippen LogP contribution in [0.5, 0.6) is 0 Å². The third-order valence-electron chi connectivity index (χ3n) is 3.11. The van der Waals surface area contributed by atoms with E-state index >= 15 is 0 Å². The summed E-state index contributed by atoms with van der Waals surface area (Å²) in [6.45, 7) is 1.33. The van der Waals surface area contributed by atoms with Crippen LogP contribution < -0.4 is 0 Å². The molecule has 0 amide bonds. The van der Waals surface area contributed by atoms with E-state index < -0.39 is 4.92 Å². The van der Waals surface area contributed by atoms with Gasteiger partial charge in [-0.15, -0.1) is 0 Å². The summed E-state index contributed by atoms with van der Waals surface area (Å²) in [5, 5.41) is 11.6. The lowest BCUT2D eigenvalue weighted by atomic mass is 9.99. The number of carbonyl (C=O) groups is 2. The highest BCUT2D eigenvalue weighted by Gasteiger charge is 2.15. The number of non-ortho nitro benzene ring substituents is 1. The third kappa shape index (κ3) is 5.89. The Morgan fingerprint density at radius 1 is 1.27 bits per heavy atom. The molecule has 118 valence electrons. The van der Waals surface area contributed by atoms with Gasteiger partial charge in [0.25, 0.3) is 5.69 Å². The van der Waals surface area contributed by atoms with E-state index in [4.69, 9.17) is 0 Å². The van der Waals surface area contributed by atoms with Crippen molar-refractivity contribution in [2.24, 2.45) is 0 Å². The van der Waals surface area contributed by atoms with Gasteiger partial charge in [0, 0.05) is 23.9 Å². The summed E-state index contributed by atoms with van der Waals surface area (Å²) in [7, 11) is 0. The number of unbranched alkanes of at least 4 members (excludes halogenated alkanes) is 2. The Bertz CT molecular complexity index is 596. The maximum atomic E-state index is 12.1. The van der Waals surface area contributed by atoms with Crippen LogP contribution in [0.2, 0.25) is 0 Å². The zero-order valence-electron chi connectivity index (χ0n) is 12.4. The fraction of sp³-hybridized carbons (Fsp3) is 0.375. The van der Waals surface area contributed by atoms with E-state index in [1.165, 1.54) is 31.2 Å². The summed E-state index contributed by atoms with van der Waals surface area (Å²) in [5.41, 5.74) is 0.508. The third-order valence-corrected chi connectivity index (χ3v) is 3.67. The van der Waals surface area contributed by atoms with Crippen LogP contribution in [0.25, 0.3) is 6.08 Å². The van der Waals surface area contributed by atoms with Gasteiger partial charge >= 0.3 is 0 Å². The van der Waals surface area contributed by atoms with Crippen LogP contribution in [0.4, 0.5) is 5.69 Å². The maximum Gasteiger partial charge on any atom is 0.270 e. The van der Waals surface area contributed by atoms with Crippen LogP contribution >= 0.6 is 15.9 Å². The highest BCUT2D eigenvalue weighted by Crippen LogP contribution is 2.17. The van der Waals surface area contributed by atoms with Gasteiger partial charge in [-0.05, 0) is 31.4 Å². The minimum atomic E-state index is -0.507. The molecular formula is C16H18BrNO4. The zero-order chi connectivity index (χ0) is 16.5. The zero-order valence-corrected chi connectivity index (χ0v) is 14.0. The van der Waals surface area contributed by atoms with E-state index in [0.717, 1.165) is 24.6 Å². The smallest absolute Gasteiger partial charge is 0.270 e. The Kier molecular flexibility index (Phi) is 7.66. The first-order valence-electron chi connectivity index (χ1n) is 7.02. The Morgan fingerprint density at radius 2 is 2.00 bits per heavy atom. The van der Waals surface area contributed by atoms with Crippen molar-refractivity contribution in [2.75, 3.05) is 5.33 Å². The average Bonchev–Trinajstić information content (AvgIpc) is 2.49. The van der Waals surface area contributed by atoms with Crippen molar-refractivity contribution in [2.45, 2.75) is 32.6 Å². The SMILES string of the molecule is CC(=O)C(=Cc1cccc([N+](=O)[O-])c1)C(=O)CCCCCBr. The number of rotatable bonds is 9. The molecule has 0 atom stereocenters. The Labute approximate surface area is 137 Å². The number of nitrogens with zero attached hydrogens (tertiary/aromatic N) is 1. The molecule has 0 aliphatic carbocycles. The minimum absolute atomic E-state index is 0.0681. The summed E-state index contributed by atoms with van der Waals surface area (Å²) in [5.74, 6) is -0.537. The van der Waals surface area contributed by atoms with E-state index in [1.54, 1.807) is 6.07 Å². The molecule has 0 spiro atoms. The Morgan fingerprint density at radius 3 is 2.59 bits per heavy atom. The number of Topliss-reactive ketones (excluding diaryl/α,β-unsaturated/α-hetero) is 2. The largest absolute Gasteiger partial charge is 0.294 e. The second kappa shape index (κ2) is 9.25. The lowest BCUT2D eigenvalue weighted by Gasteiger charge is -2.04. The van der Waals surface area contributed by atoms with Crippen LogP contribution in [0.3, 0.4) is 0 Å². The van der Waals surface area contributed by atoms with Crippen molar-refractivity contribution in [1.29, 1.82) is 0 Å². The molecule has 0 heterocycles. The number of alkyl halides is 1. The molecule has 0 aliphatic rings. The molecule has 0 aliphatic heterocycles. The number of ketones is 2. The normalized spacial score (nSPS) is 11.3. The molecule has 0 bridgehead atoms. The molecule has 0 fully saturated rings. The van der Waals surface area contributed by atoms with E-state index in [2.05, 4.69) is 15.9 Å². The first-order valence-corrected chi connectivity index (χ1v) is 8.14. The fourth-order valence-electron chi connectivity index (χ4n) is 1.96. The van der Waals surface area contributed by atoms with Gasteiger partial charge in [-0.1, -0.05) is 34.5 Å². The quantitative estimate of drug-likeness (QED) is 0.125. The van der Waals surface area contributed by atoms with Crippen molar-refractivity contribution in [3.63, 3.8) is 0 Å². The lowest BCUT2D eigenvalue weighted by molar-refractivity contribution is -0.384. The number of nitro groups is 1. The highest BCUT2D eigenvalue weighted by atomic mass is 79.9. The summed E-state index contributed by atoms with van der Waals surface area (Å²) >= 11 is 3.33. The number of nitro benzene ring substituents is 1. The molecule has 6 heteroatoms. The highest BCUT2D eigenvalue weighted by molar-refractivity contribution is 9.09. The molecule has 0 saturated carbocycles. The Hall–Kier alpha value is -1.82. The summed E-state index contributed by atoms with van der Waals surface area (Å²) < 4.78 is 0. The average molecular weight is 368 g/mol. The molecule has 5 nitrogen and oxygen atoms in total. The molecule has 0 saturated heterocycles. The van der Waals surface area contributed by atoms with Crippen molar-refractivity contribution < 1.29 is 14.5 Å². The maximum absolute atomic E-state index is 12.1. The molecular weight excluding hydrogens is 350 g/mol. The van der Waals surface area contributed by atoms with Crippen LogP contribution in [0.15, 0.2) is 29.8 Å². The van der Waals surface area contributed by atoms with Gasteiger partial charge in [0.1, 0.15) is 0 Å². The van der Waals surface area contributed by atoms with Crippen molar-refractivity contribution in [1.82, 2.24) is 0 Å². The van der Waals surface area contributed by atoms with E-state index in [9.17, 15) is 19.7 Å². The van der Waals surface area contributed by atoms with Crippen LogP contribution in [-0.2, 0) is 9.59 Å². The van der Waals surface area contributed by atoms with Crippen LogP contribution in [-0.4, -0.2) is 21.8 Å². The fourth-order valence-corrected chi connectivity index (χ4v) is 2.36. The van der Waals surface area contributed by atoms with Gasteiger partial charge < -0.3 is 0 Å². The van der Waals surface area contributed by atoms with Crippen LogP contribution in [0, 0.1) is 10.1 Å². The van der Waals surface area contributed by atoms with E-state index in [0.29, 0.717) is 12.0 Å². The minimum Gasteiger partial charge on any atom is -0.294 e. The van der Waals surface area contributed by atoms with Gasteiger partial charge in [-0.3, -0.25) is 19.7 Å². The van der Waals surface area contributed by atoms with E-state index in [-0.39, 0.29) is 22.8 Å². The molecule has 1 aromatic carbocycles. The van der Waals surface area contributed by atoms with Gasteiger partial charge in [0.2, 0.25) is 0 Å². The Balaban J connectivity index is 2.90. The molecule has 0 aromatic heterocycles. The molecule has 1 aromatic rings. The second-order valence-electron chi connectivity index (χ2n) is 4.89. The van der Waals surface area contributed by atoms with Crippen molar-refractivity contribution >= 4 is 39.3 Å². The summed E-state index contributed by atoms with van der Waals surface area (Å²) in [6, 6.07) is 5.88. The number of halogens is 1. The number of benzene rings is 1. The summed E-state index contributed by atoms with van der Waals surface area (Å²) in [6.07, 6.45) is 4.37. The van der Waals surface area contributed by atoms with Gasteiger partial charge in [0.05, 0.1) is 10.5 Å². The molecule has 0 N–H and O–H groups in total. The molecule has 0 radical (unpaired) electrons. The predicted molar refractivity (Wildman–Crippen MR) is 89.0 cm³/mol. The molecule has 22 heavy (non-hydrogen) atoms.